The first-order valence-electron chi connectivity index (χ1n) is 9.39. The lowest BCUT2D eigenvalue weighted by atomic mass is 9.99. The predicted octanol–water partition coefficient (Wildman–Crippen LogP) is 3.21. The summed E-state index contributed by atoms with van der Waals surface area (Å²) in [6, 6.07) is 3.53. The highest BCUT2D eigenvalue weighted by molar-refractivity contribution is 5.95. The van der Waals surface area contributed by atoms with Crippen molar-refractivity contribution in [2.75, 3.05) is 56.2 Å². The van der Waals surface area contributed by atoms with Crippen LogP contribution >= 0.6 is 0 Å². The standard InChI is InChI=1S/C19H26F3N3O2/c1-14-4-6-24(7-5-14)13-18(26)23-16-12-15(19(20,21)22)2-3-17(16)25-8-10-27-11-9-25/h2-3,12,14H,4-11,13H2,1H3,(H,23,26). The minimum Gasteiger partial charge on any atom is -0.378 e. The van der Waals surface area contributed by atoms with Crippen LogP contribution in [0.25, 0.3) is 0 Å². The van der Waals surface area contributed by atoms with Crippen LogP contribution in [-0.2, 0) is 15.7 Å². The SMILES string of the molecule is CC1CCN(CC(=O)Nc2cc(C(F)(F)F)ccc2N2CCOCC2)CC1. The van der Waals surface area contributed by atoms with Crippen molar-refractivity contribution in [3.63, 3.8) is 0 Å². The smallest absolute Gasteiger partial charge is 0.378 e. The zero-order valence-electron chi connectivity index (χ0n) is 15.5. The molecule has 0 atom stereocenters. The van der Waals surface area contributed by atoms with E-state index in [0.717, 1.165) is 38.1 Å². The van der Waals surface area contributed by atoms with E-state index in [1.165, 1.54) is 6.07 Å². The van der Waals surface area contributed by atoms with Crippen LogP contribution < -0.4 is 10.2 Å². The van der Waals surface area contributed by atoms with Crippen LogP contribution in [0.15, 0.2) is 18.2 Å². The van der Waals surface area contributed by atoms with E-state index in [1.807, 2.05) is 4.90 Å². The number of amides is 1. The van der Waals surface area contributed by atoms with Gasteiger partial charge in [0.1, 0.15) is 0 Å². The van der Waals surface area contributed by atoms with Crippen molar-refractivity contribution in [1.29, 1.82) is 0 Å². The molecule has 2 fully saturated rings. The zero-order chi connectivity index (χ0) is 19.4. The fourth-order valence-corrected chi connectivity index (χ4v) is 3.51. The Hall–Kier alpha value is -1.80. The van der Waals surface area contributed by atoms with E-state index in [0.29, 0.717) is 37.9 Å². The number of benzene rings is 1. The highest BCUT2D eigenvalue weighted by Gasteiger charge is 2.32. The highest BCUT2D eigenvalue weighted by Crippen LogP contribution is 2.35. The number of likely N-dealkylation sites (tertiary alicyclic amines) is 1. The third kappa shape index (κ3) is 5.35. The lowest BCUT2D eigenvalue weighted by Crippen LogP contribution is -2.39. The van der Waals surface area contributed by atoms with Crippen molar-refractivity contribution >= 4 is 17.3 Å². The van der Waals surface area contributed by atoms with Crippen molar-refractivity contribution < 1.29 is 22.7 Å². The number of hydrogen-bond acceptors (Lipinski definition) is 4. The molecule has 0 bridgehead atoms. The van der Waals surface area contributed by atoms with Gasteiger partial charge in [-0.2, -0.15) is 13.2 Å². The van der Waals surface area contributed by atoms with Crippen LogP contribution in [-0.4, -0.2) is 56.7 Å². The largest absolute Gasteiger partial charge is 0.416 e. The summed E-state index contributed by atoms with van der Waals surface area (Å²) in [6.45, 7) is 6.26. The zero-order valence-corrected chi connectivity index (χ0v) is 15.5. The second kappa shape index (κ2) is 8.48. The average molecular weight is 385 g/mol. The summed E-state index contributed by atoms with van der Waals surface area (Å²) >= 11 is 0. The summed E-state index contributed by atoms with van der Waals surface area (Å²) in [7, 11) is 0. The number of alkyl halides is 3. The summed E-state index contributed by atoms with van der Waals surface area (Å²) in [5.74, 6) is 0.374. The molecule has 2 aliphatic rings. The predicted molar refractivity (Wildman–Crippen MR) is 97.9 cm³/mol. The third-order valence-electron chi connectivity index (χ3n) is 5.19. The fourth-order valence-electron chi connectivity index (χ4n) is 3.51. The molecule has 3 rings (SSSR count). The van der Waals surface area contributed by atoms with Crippen molar-refractivity contribution in [3.05, 3.63) is 23.8 Å². The number of nitrogens with one attached hydrogen (secondary N) is 1. The van der Waals surface area contributed by atoms with Crippen LogP contribution in [0.3, 0.4) is 0 Å². The summed E-state index contributed by atoms with van der Waals surface area (Å²) in [6.07, 6.45) is -2.38. The molecule has 0 saturated carbocycles. The Morgan fingerprint density at radius 2 is 1.85 bits per heavy atom. The molecule has 0 aliphatic carbocycles. The fraction of sp³-hybridized carbons (Fsp3) is 0.632. The van der Waals surface area contributed by atoms with Gasteiger partial charge in [0.25, 0.3) is 0 Å². The summed E-state index contributed by atoms with van der Waals surface area (Å²) in [5, 5.41) is 2.72. The second-order valence-electron chi connectivity index (χ2n) is 7.34. The van der Waals surface area contributed by atoms with Gasteiger partial charge in [-0.15, -0.1) is 0 Å². The number of anilines is 2. The molecule has 150 valence electrons. The number of carbonyl (C=O) groups is 1. The molecule has 1 amide bonds. The number of carbonyl (C=O) groups excluding carboxylic acids is 1. The number of hydrogen-bond donors (Lipinski definition) is 1. The molecule has 8 heteroatoms. The molecule has 2 saturated heterocycles. The van der Waals surface area contributed by atoms with Crippen molar-refractivity contribution in [1.82, 2.24) is 4.90 Å². The Kier molecular flexibility index (Phi) is 6.26. The first-order valence-corrected chi connectivity index (χ1v) is 9.39. The first-order chi connectivity index (χ1) is 12.8. The second-order valence-corrected chi connectivity index (χ2v) is 7.34. The molecule has 0 aromatic heterocycles. The van der Waals surface area contributed by atoms with E-state index < -0.39 is 11.7 Å². The van der Waals surface area contributed by atoms with Crippen LogP contribution in [0.5, 0.6) is 0 Å². The van der Waals surface area contributed by atoms with Crippen molar-refractivity contribution in [2.45, 2.75) is 25.9 Å². The molecule has 2 aliphatic heterocycles. The number of nitrogens with zero attached hydrogens (tertiary/aromatic N) is 2. The van der Waals surface area contributed by atoms with Crippen LogP contribution in [0, 0.1) is 5.92 Å². The molecule has 0 radical (unpaired) electrons. The van der Waals surface area contributed by atoms with Crippen LogP contribution in [0.4, 0.5) is 24.5 Å². The van der Waals surface area contributed by atoms with Gasteiger partial charge < -0.3 is 15.0 Å². The third-order valence-corrected chi connectivity index (χ3v) is 5.19. The molecular formula is C19H26F3N3O2. The first kappa shape index (κ1) is 19.9. The Bertz CT molecular complexity index is 652. The summed E-state index contributed by atoms with van der Waals surface area (Å²) in [5.41, 5.74) is 0.0515. The summed E-state index contributed by atoms with van der Waals surface area (Å²) in [4.78, 5) is 16.5. The van der Waals surface area contributed by atoms with E-state index in [2.05, 4.69) is 17.1 Å². The van der Waals surface area contributed by atoms with Crippen LogP contribution in [0.1, 0.15) is 25.3 Å². The number of halogens is 3. The van der Waals surface area contributed by atoms with E-state index >= 15 is 0 Å². The molecule has 1 aromatic rings. The molecule has 27 heavy (non-hydrogen) atoms. The van der Waals surface area contributed by atoms with Crippen molar-refractivity contribution in [2.24, 2.45) is 5.92 Å². The Morgan fingerprint density at radius 3 is 2.48 bits per heavy atom. The molecule has 0 unspecified atom stereocenters. The van der Waals surface area contributed by atoms with E-state index in [9.17, 15) is 18.0 Å². The van der Waals surface area contributed by atoms with E-state index in [4.69, 9.17) is 4.74 Å². The normalized spacial score (nSPS) is 19.9. The van der Waals surface area contributed by atoms with Gasteiger partial charge in [0.15, 0.2) is 0 Å². The van der Waals surface area contributed by atoms with Gasteiger partial charge in [0.2, 0.25) is 5.91 Å². The average Bonchev–Trinajstić information content (AvgIpc) is 2.63. The van der Waals surface area contributed by atoms with Gasteiger partial charge in [0, 0.05) is 13.1 Å². The molecule has 1 N–H and O–H groups in total. The van der Waals surface area contributed by atoms with Gasteiger partial charge in [-0.25, -0.2) is 0 Å². The maximum Gasteiger partial charge on any atom is 0.416 e. The lowest BCUT2D eigenvalue weighted by molar-refractivity contribution is -0.137. The Labute approximate surface area is 157 Å². The van der Waals surface area contributed by atoms with Crippen LogP contribution in [0.2, 0.25) is 0 Å². The topological polar surface area (TPSA) is 44.8 Å². The quantitative estimate of drug-likeness (QED) is 0.865. The minimum absolute atomic E-state index is 0.200. The van der Waals surface area contributed by atoms with Crippen molar-refractivity contribution in [3.8, 4) is 0 Å². The molecular weight excluding hydrogens is 359 g/mol. The minimum atomic E-state index is -4.45. The number of morpholine rings is 1. The Balaban J connectivity index is 1.75. The van der Waals surface area contributed by atoms with Gasteiger partial charge in [0.05, 0.1) is 36.7 Å². The molecule has 1 aromatic carbocycles. The molecule has 0 spiro atoms. The van der Waals surface area contributed by atoms with Gasteiger partial charge in [-0.05, 0) is 50.0 Å². The molecule has 2 heterocycles. The van der Waals surface area contributed by atoms with E-state index in [-0.39, 0.29) is 18.1 Å². The Morgan fingerprint density at radius 1 is 1.19 bits per heavy atom. The number of ether oxygens (including phenoxy) is 1. The maximum absolute atomic E-state index is 13.1. The summed E-state index contributed by atoms with van der Waals surface area (Å²) < 4.78 is 44.7. The number of piperidine rings is 1. The monoisotopic (exact) mass is 385 g/mol. The maximum atomic E-state index is 13.1. The van der Waals surface area contributed by atoms with Gasteiger partial charge >= 0.3 is 6.18 Å². The lowest BCUT2D eigenvalue weighted by Gasteiger charge is -2.32. The van der Waals surface area contributed by atoms with Gasteiger partial charge in [-0.3, -0.25) is 9.69 Å². The molecule has 5 nitrogen and oxygen atoms in total. The van der Waals surface area contributed by atoms with Gasteiger partial charge in [-0.1, -0.05) is 6.92 Å². The number of rotatable bonds is 4. The van der Waals surface area contributed by atoms with E-state index in [1.54, 1.807) is 0 Å². The highest BCUT2D eigenvalue weighted by atomic mass is 19.4.